The molecule has 1 amide bonds. The molecule has 1 rings (SSSR count). The monoisotopic (exact) mass is 290 g/mol. The number of nitrogens with one attached hydrogen (secondary N) is 1. The van der Waals surface area contributed by atoms with E-state index in [0.29, 0.717) is 6.07 Å². The average molecular weight is 290 g/mol. The molecule has 0 aliphatic heterocycles. The standard InChI is InChI=1S/C13H17F3N2O2/c1-13(2,3)20-12(19)18-9(6-17)10-7(14)4-5-8(15)11(10)16/h4-5,9H,6,17H2,1-3H3,(H,18,19). The van der Waals surface area contributed by atoms with Crippen molar-refractivity contribution in [3.05, 3.63) is 35.1 Å². The van der Waals surface area contributed by atoms with Crippen LogP contribution in [0.15, 0.2) is 12.1 Å². The number of rotatable bonds is 3. The van der Waals surface area contributed by atoms with Gasteiger partial charge >= 0.3 is 6.09 Å². The summed E-state index contributed by atoms with van der Waals surface area (Å²) in [5, 5.41) is 2.22. The Kier molecular flexibility index (Phi) is 4.99. The molecule has 112 valence electrons. The second kappa shape index (κ2) is 6.13. The molecule has 1 unspecified atom stereocenters. The molecule has 0 bridgehead atoms. The van der Waals surface area contributed by atoms with Gasteiger partial charge in [-0.2, -0.15) is 0 Å². The zero-order valence-corrected chi connectivity index (χ0v) is 11.5. The first-order chi connectivity index (χ1) is 9.15. The van der Waals surface area contributed by atoms with Gasteiger partial charge in [-0.05, 0) is 32.9 Å². The van der Waals surface area contributed by atoms with E-state index in [1.54, 1.807) is 20.8 Å². The second-order valence-electron chi connectivity index (χ2n) is 5.19. The molecule has 7 heteroatoms. The molecule has 0 aromatic heterocycles. The maximum atomic E-state index is 13.6. The summed E-state index contributed by atoms with van der Waals surface area (Å²) in [6.07, 6.45) is -0.893. The Morgan fingerprint density at radius 3 is 2.35 bits per heavy atom. The fourth-order valence-corrected chi connectivity index (χ4v) is 1.56. The molecule has 0 saturated heterocycles. The van der Waals surface area contributed by atoms with Gasteiger partial charge in [0.05, 0.1) is 11.6 Å². The lowest BCUT2D eigenvalue weighted by atomic mass is 10.1. The van der Waals surface area contributed by atoms with Crippen LogP contribution in [0.1, 0.15) is 32.4 Å². The number of hydrogen-bond acceptors (Lipinski definition) is 3. The van der Waals surface area contributed by atoms with E-state index >= 15 is 0 Å². The van der Waals surface area contributed by atoms with Gasteiger partial charge < -0.3 is 15.8 Å². The maximum absolute atomic E-state index is 13.6. The van der Waals surface area contributed by atoms with E-state index in [9.17, 15) is 18.0 Å². The largest absolute Gasteiger partial charge is 0.444 e. The number of amides is 1. The molecule has 1 atom stereocenters. The highest BCUT2D eigenvalue weighted by Crippen LogP contribution is 2.22. The lowest BCUT2D eigenvalue weighted by Gasteiger charge is -2.23. The van der Waals surface area contributed by atoms with Gasteiger partial charge in [-0.25, -0.2) is 18.0 Å². The summed E-state index contributed by atoms with van der Waals surface area (Å²) in [5.74, 6) is -3.59. The summed E-state index contributed by atoms with van der Waals surface area (Å²) < 4.78 is 45.3. The van der Waals surface area contributed by atoms with E-state index < -0.39 is 40.8 Å². The minimum Gasteiger partial charge on any atom is -0.444 e. The van der Waals surface area contributed by atoms with Crippen molar-refractivity contribution in [2.45, 2.75) is 32.4 Å². The molecule has 4 nitrogen and oxygen atoms in total. The van der Waals surface area contributed by atoms with Gasteiger partial charge in [0.1, 0.15) is 11.4 Å². The summed E-state index contributed by atoms with van der Waals surface area (Å²) in [5.41, 5.74) is 3.98. The Hall–Kier alpha value is -1.76. The molecule has 0 fully saturated rings. The van der Waals surface area contributed by atoms with Crippen molar-refractivity contribution in [1.29, 1.82) is 0 Å². The molecule has 0 aliphatic carbocycles. The summed E-state index contributed by atoms with van der Waals surface area (Å²) in [7, 11) is 0. The Morgan fingerprint density at radius 1 is 1.30 bits per heavy atom. The number of alkyl carbamates (subject to hydrolysis) is 1. The maximum Gasteiger partial charge on any atom is 0.408 e. The molecule has 20 heavy (non-hydrogen) atoms. The van der Waals surface area contributed by atoms with E-state index in [2.05, 4.69) is 5.32 Å². The molecule has 1 aromatic carbocycles. The SMILES string of the molecule is CC(C)(C)OC(=O)NC(CN)c1c(F)ccc(F)c1F. The summed E-state index contributed by atoms with van der Waals surface area (Å²) in [4.78, 5) is 11.6. The van der Waals surface area contributed by atoms with Crippen LogP contribution in [0.4, 0.5) is 18.0 Å². The summed E-state index contributed by atoms with van der Waals surface area (Å²) >= 11 is 0. The third kappa shape index (κ3) is 4.12. The quantitative estimate of drug-likeness (QED) is 0.841. The number of benzene rings is 1. The average Bonchev–Trinajstić information content (AvgIpc) is 2.30. The van der Waals surface area contributed by atoms with Crippen molar-refractivity contribution in [1.82, 2.24) is 5.32 Å². The highest BCUT2D eigenvalue weighted by molar-refractivity contribution is 5.68. The van der Waals surface area contributed by atoms with Crippen molar-refractivity contribution in [3.63, 3.8) is 0 Å². The van der Waals surface area contributed by atoms with Gasteiger partial charge in [-0.15, -0.1) is 0 Å². The lowest BCUT2D eigenvalue weighted by Crippen LogP contribution is -2.38. The van der Waals surface area contributed by atoms with E-state index in [4.69, 9.17) is 10.5 Å². The number of hydrogen-bond donors (Lipinski definition) is 2. The van der Waals surface area contributed by atoms with Crippen LogP contribution in [0.25, 0.3) is 0 Å². The molecule has 0 radical (unpaired) electrons. The molecule has 3 N–H and O–H groups in total. The van der Waals surface area contributed by atoms with Gasteiger partial charge in [0, 0.05) is 6.54 Å². The number of ether oxygens (including phenoxy) is 1. The topological polar surface area (TPSA) is 64.3 Å². The first kappa shape index (κ1) is 16.3. The van der Waals surface area contributed by atoms with Gasteiger partial charge in [0.2, 0.25) is 0 Å². The van der Waals surface area contributed by atoms with E-state index in [-0.39, 0.29) is 6.54 Å². The van der Waals surface area contributed by atoms with Crippen LogP contribution in [-0.4, -0.2) is 18.2 Å². The normalized spacial score (nSPS) is 12.9. The van der Waals surface area contributed by atoms with E-state index in [1.165, 1.54) is 0 Å². The minimum atomic E-state index is -1.38. The van der Waals surface area contributed by atoms with Crippen LogP contribution in [0.3, 0.4) is 0 Å². The third-order valence-corrected chi connectivity index (χ3v) is 2.35. The number of carbonyl (C=O) groups is 1. The van der Waals surface area contributed by atoms with Crippen LogP contribution >= 0.6 is 0 Å². The fraction of sp³-hybridized carbons (Fsp3) is 0.462. The molecule has 0 saturated carbocycles. The number of carbonyl (C=O) groups excluding carboxylic acids is 1. The van der Waals surface area contributed by atoms with Gasteiger partial charge in [0.25, 0.3) is 0 Å². The fourth-order valence-electron chi connectivity index (χ4n) is 1.56. The van der Waals surface area contributed by atoms with Gasteiger partial charge in [-0.3, -0.25) is 0 Å². The zero-order valence-electron chi connectivity index (χ0n) is 11.5. The van der Waals surface area contributed by atoms with Crippen molar-refractivity contribution in [2.24, 2.45) is 5.73 Å². The highest BCUT2D eigenvalue weighted by atomic mass is 19.2. The van der Waals surface area contributed by atoms with Crippen LogP contribution < -0.4 is 11.1 Å². The Labute approximate surface area is 115 Å². The zero-order chi connectivity index (χ0) is 15.5. The van der Waals surface area contributed by atoms with Crippen LogP contribution in [0, 0.1) is 17.5 Å². The van der Waals surface area contributed by atoms with Gasteiger partial charge in [-0.1, -0.05) is 0 Å². The van der Waals surface area contributed by atoms with E-state index in [1.807, 2.05) is 0 Å². The Morgan fingerprint density at radius 2 is 1.85 bits per heavy atom. The lowest BCUT2D eigenvalue weighted by molar-refractivity contribution is 0.0503. The molecule has 0 aliphatic rings. The summed E-state index contributed by atoms with van der Waals surface area (Å²) in [6, 6.07) is 0.211. The van der Waals surface area contributed by atoms with Crippen molar-refractivity contribution >= 4 is 6.09 Å². The predicted octanol–water partition coefficient (Wildman–Crippen LogP) is 2.63. The summed E-state index contributed by atoms with van der Waals surface area (Å²) in [6.45, 7) is 4.59. The van der Waals surface area contributed by atoms with Crippen LogP contribution in [0.2, 0.25) is 0 Å². The van der Waals surface area contributed by atoms with Crippen LogP contribution in [0.5, 0.6) is 0 Å². The first-order valence-corrected chi connectivity index (χ1v) is 5.98. The molecule has 0 heterocycles. The predicted molar refractivity (Wildman–Crippen MR) is 67.5 cm³/mol. The van der Waals surface area contributed by atoms with Crippen molar-refractivity contribution in [3.8, 4) is 0 Å². The third-order valence-electron chi connectivity index (χ3n) is 2.35. The molecule has 0 spiro atoms. The molecular formula is C13H17F3N2O2. The smallest absolute Gasteiger partial charge is 0.408 e. The first-order valence-electron chi connectivity index (χ1n) is 5.98. The van der Waals surface area contributed by atoms with Crippen LogP contribution in [-0.2, 0) is 4.74 Å². The highest BCUT2D eigenvalue weighted by Gasteiger charge is 2.25. The van der Waals surface area contributed by atoms with E-state index in [0.717, 1.165) is 6.07 Å². The number of halogens is 3. The Balaban J connectivity index is 2.98. The molecular weight excluding hydrogens is 273 g/mol. The molecule has 1 aromatic rings. The van der Waals surface area contributed by atoms with Gasteiger partial charge in [0.15, 0.2) is 11.6 Å². The van der Waals surface area contributed by atoms with Crippen molar-refractivity contribution in [2.75, 3.05) is 6.54 Å². The second-order valence-corrected chi connectivity index (χ2v) is 5.19. The van der Waals surface area contributed by atoms with Crippen molar-refractivity contribution < 1.29 is 22.7 Å². The minimum absolute atomic E-state index is 0.309. The Bertz CT molecular complexity index is 501. The number of nitrogens with two attached hydrogens (primary N) is 1.